The van der Waals surface area contributed by atoms with E-state index in [9.17, 15) is 9.59 Å². The van der Waals surface area contributed by atoms with Crippen LogP contribution in [0.3, 0.4) is 0 Å². The van der Waals surface area contributed by atoms with Gasteiger partial charge in [-0.3, -0.25) is 14.5 Å². The Morgan fingerprint density at radius 1 is 1.60 bits per heavy atom. The van der Waals surface area contributed by atoms with Crippen molar-refractivity contribution in [3.8, 4) is 0 Å². The second-order valence-corrected chi connectivity index (χ2v) is 5.28. The van der Waals surface area contributed by atoms with E-state index in [1.54, 1.807) is 6.26 Å². The van der Waals surface area contributed by atoms with E-state index in [4.69, 9.17) is 4.42 Å². The predicted octanol–water partition coefficient (Wildman–Crippen LogP) is 0.525. The van der Waals surface area contributed by atoms with E-state index < -0.39 is 0 Å². The van der Waals surface area contributed by atoms with Crippen LogP contribution in [-0.2, 0) is 9.59 Å². The maximum atomic E-state index is 12.1. The molecule has 0 bridgehead atoms. The van der Waals surface area contributed by atoms with E-state index in [-0.39, 0.29) is 23.8 Å². The number of nitrogens with zero attached hydrogens (tertiary/aromatic N) is 1. The summed E-state index contributed by atoms with van der Waals surface area (Å²) >= 11 is 0. The van der Waals surface area contributed by atoms with Gasteiger partial charge in [0.25, 0.3) is 0 Å². The van der Waals surface area contributed by atoms with Crippen LogP contribution in [0.5, 0.6) is 0 Å². The topological polar surface area (TPSA) is 74.6 Å². The van der Waals surface area contributed by atoms with Gasteiger partial charge in [0.05, 0.1) is 18.2 Å². The number of likely N-dealkylation sites (N-methyl/N-ethyl adjacent to an activating group) is 1. The molecular weight excluding hydrogens is 258 g/mol. The fourth-order valence-electron chi connectivity index (χ4n) is 2.32. The number of rotatable bonds is 5. The molecule has 6 nitrogen and oxygen atoms in total. The lowest BCUT2D eigenvalue weighted by molar-refractivity contribution is -0.129. The Morgan fingerprint density at radius 2 is 2.40 bits per heavy atom. The van der Waals surface area contributed by atoms with Gasteiger partial charge in [0.15, 0.2) is 0 Å². The summed E-state index contributed by atoms with van der Waals surface area (Å²) in [4.78, 5) is 25.2. The second-order valence-electron chi connectivity index (χ2n) is 5.28. The van der Waals surface area contributed by atoms with Crippen molar-refractivity contribution in [1.82, 2.24) is 15.5 Å². The first-order valence-corrected chi connectivity index (χ1v) is 6.82. The number of carbonyl (C=O) groups is 2. The van der Waals surface area contributed by atoms with E-state index in [0.717, 1.165) is 5.76 Å². The molecule has 0 saturated carbocycles. The third-order valence-corrected chi connectivity index (χ3v) is 3.60. The first kappa shape index (κ1) is 14.6. The third kappa shape index (κ3) is 3.60. The molecule has 0 radical (unpaired) electrons. The van der Waals surface area contributed by atoms with Crippen molar-refractivity contribution >= 4 is 11.8 Å². The summed E-state index contributed by atoms with van der Waals surface area (Å²) in [5.41, 5.74) is 0. The van der Waals surface area contributed by atoms with Crippen LogP contribution in [0.2, 0.25) is 0 Å². The molecule has 0 aromatic carbocycles. The van der Waals surface area contributed by atoms with Crippen LogP contribution in [0.4, 0.5) is 0 Å². The van der Waals surface area contributed by atoms with Gasteiger partial charge in [-0.2, -0.15) is 0 Å². The standard InChI is InChI=1S/C14H21N3O3/c1-17(2)11(12-4-3-7-20-12)9-16-14(19)10-5-6-13(18)15-8-10/h3-4,7,10-11H,5-6,8-9H2,1-2H3,(H,15,18)(H,16,19)/t10-,11+/m1/s1. The normalized spacial score (nSPS) is 20.6. The molecule has 2 amide bonds. The highest BCUT2D eigenvalue weighted by molar-refractivity contribution is 5.83. The van der Waals surface area contributed by atoms with E-state index in [0.29, 0.717) is 25.9 Å². The SMILES string of the molecule is CN(C)[C@@H](CNC(=O)[C@@H]1CCC(=O)NC1)c1ccco1. The fourth-order valence-corrected chi connectivity index (χ4v) is 2.32. The van der Waals surface area contributed by atoms with Gasteiger partial charge in [-0.1, -0.05) is 0 Å². The highest BCUT2D eigenvalue weighted by Crippen LogP contribution is 2.18. The monoisotopic (exact) mass is 279 g/mol. The molecule has 6 heteroatoms. The molecule has 1 aromatic heterocycles. The zero-order valence-corrected chi connectivity index (χ0v) is 11.9. The largest absolute Gasteiger partial charge is 0.468 e. The molecule has 1 aliphatic heterocycles. The molecule has 2 atom stereocenters. The van der Waals surface area contributed by atoms with Crippen molar-refractivity contribution < 1.29 is 14.0 Å². The fraction of sp³-hybridized carbons (Fsp3) is 0.571. The van der Waals surface area contributed by atoms with E-state index in [2.05, 4.69) is 10.6 Å². The lowest BCUT2D eigenvalue weighted by atomic mass is 9.98. The Labute approximate surface area is 118 Å². The molecule has 2 rings (SSSR count). The molecule has 0 aliphatic carbocycles. The maximum Gasteiger partial charge on any atom is 0.224 e. The Hall–Kier alpha value is -1.82. The Balaban J connectivity index is 1.86. The van der Waals surface area contributed by atoms with Gasteiger partial charge in [-0.05, 0) is 32.6 Å². The van der Waals surface area contributed by atoms with Crippen molar-refractivity contribution in [2.75, 3.05) is 27.2 Å². The van der Waals surface area contributed by atoms with Gasteiger partial charge in [0.1, 0.15) is 5.76 Å². The first-order valence-electron chi connectivity index (χ1n) is 6.82. The number of hydrogen-bond donors (Lipinski definition) is 2. The predicted molar refractivity (Wildman–Crippen MR) is 73.9 cm³/mol. The van der Waals surface area contributed by atoms with Crippen molar-refractivity contribution in [1.29, 1.82) is 0 Å². The van der Waals surface area contributed by atoms with Crippen molar-refractivity contribution in [3.05, 3.63) is 24.2 Å². The molecule has 20 heavy (non-hydrogen) atoms. The van der Waals surface area contributed by atoms with Crippen LogP contribution < -0.4 is 10.6 Å². The smallest absolute Gasteiger partial charge is 0.224 e. The molecule has 2 heterocycles. The van der Waals surface area contributed by atoms with E-state index >= 15 is 0 Å². The van der Waals surface area contributed by atoms with Gasteiger partial charge >= 0.3 is 0 Å². The summed E-state index contributed by atoms with van der Waals surface area (Å²) in [5, 5.41) is 5.67. The minimum Gasteiger partial charge on any atom is -0.468 e. The molecule has 1 aliphatic rings. The van der Waals surface area contributed by atoms with E-state index in [1.807, 2.05) is 31.1 Å². The minimum atomic E-state index is -0.132. The lowest BCUT2D eigenvalue weighted by Crippen LogP contribution is -2.44. The molecule has 110 valence electrons. The Bertz CT molecular complexity index is 446. The van der Waals surface area contributed by atoms with Crippen molar-refractivity contribution in [3.63, 3.8) is 0 Å². The number of piperidine rings is 1. The molecule has 0 unspecified atom stereocenters. The van der Waals surface area contributed by atoms with Crippen LogP contribution >= 0.6 is 0 Å². The molecule has 2 N–H and O–H groups in total. The number of nitrogens with one attached hydrogen (secondary N) is 2. The van der Waals surface area contributed by atoms with Gasteiger partial charge in [-0.15, -0.1) is 0 Å². The maximum absolute atomic E-state index is 12.1. The van der Waals surface area contributed by atoms with Crippen molar-refractivity contribution in [2.24, 2.45) is 5.92 Å². The quantitative estimate of drug-likeness (QED) is 0.824. The zero-order chi connectivity index (χ0) is 14.5. The Kier molecular flexibility index (Phi) is 4.79. The van der Waals surface area contributed by atoms with Crippen LogP contribution in [-0.4, -0.2) is 43.9 Å². The number of furan rings is 1. The van der Waals surface area contributed by atoms with Gasteiger partial charge in [0, 0.05) is 19.5 Å². The van der Waals surface area contributed by atoms with Crippen LogP contribution in [0.25, 0.3) is 0 Å². The molecule has 0 spiro atoms. The average Bonchev–Trinajstić information content (AvgIpc) is 2.93. The summed E-state index contributed by atoms with van der Waals surface area (Å²) in [6.07, 6.45) is 2.67. The second kappa shape index (κ2) is 6.56. The third-order valence-electron chi connectivity index (χ3n) is 3.60. The summed E-state index contributed by atoms with van der Waals surface area (Å²) in [7, 11) is 3.89. The van der Waals surface area contributed by atoms with Crippen LogP contribution in [0.1, 0.15) is 24.6 Å². The zero-order valence-electron chi connectivity index (χ0n) is 11.9. The lowest BCUT2D eigenvalue weighted by Gasteiger charge is -2.25. The van der Waals surface area contributed by atoms with Gasteiger partial charge in [-0.25, -0.2) is 0 Å². The summed E-state index contributed by atoms with van der Waals surface area (Å²) < 4.78 is 5.40. The van der Waals surface area contributed by atoms with Gasteiger partial charge < -0.3 is 15.1 Å². The summed E-state index contributed by atoms with van der Waals surface area (Å²) in [5.74, 6) is 0.707. The average molecular weight is 279 g/mol. The highest BCUT2D eigenvalue weighted by atomic mass is 16.3. The number of amides is 2. The molecule has 1 aromatic rings. The molecular formula is C14H21N3O3. The Morgan fingerprint density at radius 3 is 2.95 bits per heavy atom. The van der Waals surface area contributed by atoms with Crippen molar-refractivity contribution in [2.45, 2.75) is 18.9 Å². The summed E-state index contributed by atoms with van der Waals surface area (Å²) in [6, 6.07) is 3.74. The summed E-state index contributed by atoms with van der Waals surface area (Å²) in [6.45, 7) is 0.918. The number of hydrogen-bond acceptors (Lipinski definition) is 4. The highest BCUT2D eigenvalue weighted by Gasteiger charge is 2.25. The molecule has 1 saturated heterocycles. The van der Waals surface area contributed by atoms with E-state index in [1.165, 1.54) is 0 Å². The minimum absolute atomic E-state index is 0.00660. The molecule has 1 fully saturated rings. The van der Waals surface area contributed by atoms with Crippen LogP contribution in [0, 0.1) is 5.92 Å². The number of carbonyl (C=O) groups excluding carboxylic acids is 2. The van der Waals surface area contributed by atoms with Crippen LogP contribution in [0.15, 0.2) is 22.8 Å². The van der Waals surface area contributed by atoms with Gasteiger partial charge in [0.2, 0.25) is 11.8 Å². The first-order chi connectivity index (χ1) is 9.58.